The lowest BCUT2D eigenvalue weighted by Gasteiger charge is -2.25. The Kier molecular flexibility index (Phi) is 3.64. The standard InChI is InChI=1S/C14H8Cl2N4O3/c15-7-3-1-2-5(10(7)16)8-6(4-17)11(18)23-13-9(8)12(21)19-14(22)20-13/h1-3,8H,18H2,(H2,19,20,21,22)/t8-/m0/s1. The van der Waals surface area contributed by atoms with Gasteiger partial charge in [-0.1, -0.05) is 35.3 Å². The van der Waals surface area contributed by atoms with Crippen LogP contribution < -0.4 is 21.7 Å². The molecular formula is C14H8Cl2N4O3. The SMILES string of the molecule is N#CC1=C(N)Oc2[nH]c(=O)[nH]c(=O)c2[C@H]1c1cccc(Cl)c1Cl. The molecule has 0 saturated carbocycles. The second-order valence-electron chi connectivity index (χ2n) is 4.72. The molecule has 23 heavy (non-hydrogen) atoms. The van der Waals surface area contributed by atoms with Crippen LogP contribution in [0.15, 0.2) is 39.2 Å². The number of benzene rings is 1. The number of nitrogens with zero attached hydrogens (tertiary/aromatic N) is 1. The number of H-pyrrole nitrogens is 2. The number of nitrogens with one attached hydrogen (secondary N) is 2. The van der Waals surface area contributed by atoms with E-state index < -0.39 is 17.2 Å². The van der Waals surface area contributed by atoms with Crippen molar-refractivity contribution in [2.45, 2.75) is 5.92 Å². The lowest BCUT2D eigenvalue weighted by Crippen LogP contribution is -2.33. The van der Waals surface area contributed by atoms with Crippen LogP contribution in [0.25, 0.3) is 0 Å². The van der Waals surface area contributed by atoms with Gasteiger partial charge in [0.1, 0.15) is 11.6 Å². The average molecular weight is 351 g/mol. The summed E-state index contributed by atoms with van der Waals surface area (Å²) in [5.74, 6) is -1.26. The van der Waals surface area contributed by atoms with Crippen LogP contribution >= 0.6 is 23.2 Å². The molecule has 0 spiro atoms. The van der Waals surface area contributed by atoms with Gasteiger partial charge in [-0.2, -0.15) is 5.26 Å². The molecule has 1 aliphatic heterocycles. The smallest absolute Gasteiger partial charge is 0.328 e. The van der Waals surface area contributed by atoms with E-state index >= 15 is 0 Å². The summed E-state index contributed by atoms with van der Waals surface area (Å²) in [5.41, 5.74) is 4.72. The molecule has 116 valence electrons. The Morgan fingerprint density at radius 3 is 2.70 bits per heavy atom. The van der Waals surface area contributed by atoms with Gasteiger partial charge in [-0.05, 0) is 11.6 Å². The molecule has 2 heterocycles. The van der Waals surface area contributed by atoms with Gasteiger partial charge in [0.25, 0.3) is 5.56 Å². The number of hydrogen-bond donors (Lipinski definition) is 3. The van der Waals surface area contributed by atoms with Crippen LogP contribution in [0.1, 0.15) is 17.0 Å². The van der Waals surface area contributed by atoms with E-state index in [0.29, 0.717) is 5.56 Å². The molecule has 0 aliphatic carbocycles. The Morgan fingerprint density at radius 1 is 1.26 bits per heavy atom. The van der Waals surface area contributed by atoms with Gasteiger partial charge in [0.2, 0.25) is 11.8 Å². The first-order valence-corrected chi connectivity index (χ1v) is 7.07. The maximum absolute atomic E-state index is 12.2. The normalized spacial score (nSPS) is 16.5. The minimum Gasteiger partial charge on any atom is -0.424 e. The van der Waals surface area contributed by atoms with Crippen molar-refractivity contribution < 1.29 is 4.74 Å². The number of aromatic amines is 2. The Bertz CT molecular complexity index is 1000. The van der Waals surface area contributed by atoms with Crippen molar-refractivity contribution >= 4 is 23.2 Å². The minimum absolute atomic E-state index is 0.000726. The zero-order valence-corrected chi connectivity index (χ0v) is 12.8. The zero-order chi connectivity index (χ0) is 16.7. The molecule has 0 saturated heterocycles. The van der Waals surface area contributed by atoms with E-state index in [9.17, 15) is 14.9 Å². The fourth-order valence-electron chi connectivity index (χ4n) is 2.44. The van der Waals surface area contributed by atoms with Gasteiger partial charge in [0.15, 0.2) is 0 Å². The second kappa shape index (κ2) is 5.50. The van der Waals surface area contributed by atoms with Crippen LogP contribution in [0.5, 0.6) is 5.88 Å². The maximum Gasteiger partial charge on any atom is 0.328 e. The number of aromatic nitrogens is 2. The molecule has 0 fully saturated rings. The molecule has 0 bridgehead atoms. The molecular weight excluding hydrogens is 343 g/mol. The van der Waals surface area contributed by atoms with E-state index in [0.717, 1.165) is 0 Å². The summed E-state index contributed by atoms with van der Waals surface area (Å²) < 4.78 is 5.20. The number of ether oxygens (including phenoxy) is 1. The van der Waals surface area contributed by atoms with Crippen LogP contribution in [-0.4, -0.2) is 9.97 Å². The lowest BCUT2D eigenvalue weighted by molar-refractivity contribution is 0.373. The fraction of sp³-hybridized carbons (Fsp3) is 0.0714. The first-order valence-electron chi connectivity index (χ1n) is 6.32. The quantitative estimate of drug-likeness (QED) is 0.720. The van der Waals surface area contributed by atoms with Gasteiger partial charge in [-0.3, -0.25) is 14.8 Å². The summed E-state index contributed by atoms with van der Waals surface area (Å²) in [7, 11) is 0. The van der Waals surface area contributed by atoms with Crippen LogP contribution in [-0.2, 0) is 0 Å². The van der Waals surface area contributed by atoms with Crippen molar-refractivity contribution in [1.82, 2.24) is 9.97 Å². The topological polar surface area (TPSA) is 125 Å². The molecule has 0 radical (unpaired) electrons. The van der Waals surface area contributed by atoms with Crippen molar-refractivity contribution in [3.05, 3.63) is 71.7 Å². The molecule has 1 atom stereocenters. The summed E-state index contributed by atoms with van der Waals surface area (Å²) >= 11 is 12.2. The Hall–Kier alpha value is -2.69. The number of allylic oxidation sites excluding steroid dienone is 1. The van der Waals surface area contributed by atoms with Gasteiger partial charge in [0.05, 0.1) is 21.5 Å². The van der Waals surface area contributed by atoms with Gasteiger partial charge in [0, 0.05) is 0 Å². The van der Waals surface area contributed by atoms with Crippen molar-refractivity contribution in [3.8, 4) is 11.9 Å². The van der Waals surface area contributed by atoms with Gasteiger partial charge in [-0.25, -0.2) is 4.79 Å². The van der Waals surface area contributed by atoms with Gasteiger partial charge in [-0.15, -0.1) is 0 Å². The lowest BCUT2D eigenvalue weighted by atomic mass is 9.85. The summed E-state index contributed by atoms with van der Waals surface area (Å²) in [5, 5.41) is 9.83. The molecule has 0 unspecified atom stereocenters. The third-order valence-corrected chi connectivity index (χ3v) is 4.24. The number of fused-ring (bicyclic) bond motifs is 1. The Morgan fingerprint density at radius 2 is 2.00 bits per heavy atom. The van der Waals surface area contributed by atoms with E-state index in [1.54, 1.807) is 18.2 Å². The van der Waals surface area contributed by atoms with Crippen molar-refractivity contribution in [2.24, 2.45) is 5.73 Å². The molecule has 2 aromatic rings. The van der Waals surface area contributed by atoms with Crippen molar-refractivity contribution in [1.29, 1.82) is 5.26 Å². The Balaban J connectivity index is 2.39. The van der Waals surface area contributed by atoms with Crippen LogP contribution in [0, 0.1) is 11.3 Å². The molecule has 0 amide bonds. The third kappa shape index (κ3) is 2.38. The van der Waals surface area contributed by atoms with Crippen LogP contribution in [0.3, 0.4) is 0 Å². The minimum atomic E-state index is -0.907. The highest BCUT2D eigenvalue weighted by atomic mass is 35.5. The fourth-order valence-corrected chi connectivity index (χ4v) is 2.86. The number of halogens is 2. The van der Waals surface area contributed by atoms with E-state index in [-0.39, 0.29) is 32.9 Å². The van der Waals surface area contributed by atoms with Gasteiger partial charge < -0.3 is 10.5 Å². The molecule has 7 nitrogen and oxygen atoms in total. The van der Waals surface area contributed by atoms with Gasteiger partial charge >= 0.3 is 5.69 Å². The zero-order valence-electron chi connectivity index (χ0n) is 11.3. The maximum atomic E-state index is 12.2. The molecule has 1 aliphatic rings. The highest BCUT2D eigenvalue weighted by molar-refractivity contribution is 6.42. The summed E-state index contributed by atoms with van der Waals surface area (Å²) in [6.45, 7) is 0. The van der Waals surface area contributed by atoms with E-state index in [4.69, 9.17) is 33.7 Å². The first-order chi connectivity index (χ1) is 10.9. The van der Waals surface area contributed by atoms with E-state index in [1.807, 2.05) is 6.07 Å². The monoisotopic (exact) mass is 350 g/mol. The Labute approximate surface area is 138 Å². The second-order valence-corrected chi connectivity index (χ2v) is 5.50. The first kappa shape index (κ1) is 15.2. The van der Waals surface area contributed by atoms with E-state index in [1.165, 1.54) is 0 Å². The third-order valence-electron chi connectivity index (χ3n) is 3.41. The predicted molar refractivity (Wildman–Crippen MR) is 83.4 cm³/mol. The van der Waals surface area contributed by atoms with Crippen LogP contribution in [0.4, 0.5) is 0 Å². The molecule has 1 aromatic carbocycles. The van der Waals surface area contributed by atoms with E-state index in [2.05, 4.69) is 9.97 Å². The van der Waals surface area contributed by atoms with Crippen molar-refractivity contribution in [3.63, 3.8) is 0 Å². The summed E-state index contributed by atoms with van der Waals surface area (Å²) in [6, 6.07) is 6.73. The number of nitrogens with two attached hydrogens (primary N) is 1. The van der Waals surface area contributed by atoms with Crippen molar-refractivity contribution in [2.75, 3.05) is 0 Å². The average Bonchev–Trinajstić information content (AvgIpc) is 2.48. The molecule has 3 rings (SSSR count). The number of nitriles is 1. The number of hydrogen-bond acceptors (Lipinski definition) is 5. The number of rotatable bonds is 1. The summed E-state index contributed by atoms with van der Waals surface area (Å²) in [4.78, 5) is 28.1. The molecule has 1 aromatic heterocycles. The molecule has 9 heteroatoms. The highest BCUT2D eigenvalue weighted by Gasteiger charge is 2.35. The summed E-state index contributed by atoms with van der Waals surface area (Å²) in [6.07, 6.45) is 0. The predicted octanol–water partition coefficient (Wildman–Crippen LogP) is 1.59. The molecule has 4 N–H and O–H groups in total. The highest BCUT2D eigenvalue weighted by Crippen LogP contribution is 2.42. The largest absolute Gasteiger partial charge is 0.424 e. The van der Waals surface area contributed by atoms with Crippen LogP contribution in [0.2, 0.25) is 10.0 Å².